The third kappa shape index (κ3) is 9.63. The molecule has 1 heterocycles. The minimum absolute atomic E-state index is 0.0382. The van der Waals surface area contributed by atoms with Gasteiger partial charge in [-0.25, -0.2) is 10.9 Å². The van der Waals surface area contributed by atoms with E-state index in [4.69, 9.17) is 14.7 Å². The average Bonchev–Trinajstić information content (AvgIpc) is 3.05. The van der Waals surface area contributed by atoms with Gasteiger partial charge in [-0.1, -0.05) is 66.7 Å². The third-order valence-electron chi connectivity index (χ3n) is 6.81. The molecule has 0 aliphatic carbocycles. The van der Waals surface area contributed by atoms with Crippen LogP contribution in [-0.2, 0) is 25.7 Å². The first-order valence-corrected chi connectivity index (χ1v) is 14.2. The number of hydrazone groups is 1. The first kappa shape index (κ1) is 31.6. The van der Waals surface area contributed by atoms with E-state index in [2.05, 4.69) is 10.5 Å². The fourth-order valence-electron chi connectivity index (χ4n) is 4.46. The number of allylic oxidation sites excluding steroid dienone is 2. The van der Waals surface area contributed by atoms with Gasteiger partial charge in [-0.3, -0.25) is 24.4 Å². The van der Waals surface area contributed by atoms with E-state index in [-0.39, 0.29) is 25.1 Å². The van der Waals surface area contributed by atoms with Gasteiger partial charge in [-0.2, -0.15) is 5.10 Å². The highest BCUT2D eigenvalue weighted by atomic mass is 16.5. The summed E-state index contributed by atoms with van der Waals surface area (Å²) < 4.78 is 10.8. The summed E-state index contributed by atoms with van der Waals surface area (Å²) in [5.74, 6) is -1.11. The molecule has 1 aliphatic heterocycles. The van der Waals surface area contributed by atoms with Crippen molar-refractivity contribution in [3.63, 3.8) is 0 Å². The molecule has 0 spiro atoms. The lowest BCUT2D eigenvalue weighted by atomic mass is 10.0. The summed E-state index contributed by atoms with van der Waals surface area (Å²) in [6.07, 6.45) is 7.16. The summed E-state index contributed by atoms with van der Waals surface area (Å²) in [4.78, 5) is 51.0. The number of nitrogens with one attached hydrogen (secondary N) is 2. The van der Waals surface area contributed by atoms with E-state index in [1.165, 1.54) is 36.0 Å². The summed E-state index contributed by atoms with van der Waals surface area (Å²) in [6, 6.07) is 22.6. The second-order valence-electron chi connectivity index (χ2n) is 9.97. The molecule has 0 unspecified atom stereocenters. The van der Waals surface area contributed by atoms with Crippen LogP contribution < -0.4 is 15.6 Å². The molecule has 4 rings (SSSR count). The van der Waals surface area contributed by atoms with Crippen LogP contribution >= 0.6 is 0 Å². The van der Waals surface area contributed by atoms with Gasteiger partial charge in [0.25, 0.3) is 11.8 Å². The Labute approximate surface area is 255 Å². The molecule has 0 fully saturated rings. The highest BCUT2D eigenvalue weighted by molar-refractivity contribution is 5.95. The monoisotopic (exact) mass is 598 g/mol. The van der Waals surface area contributed by atoms with Crippen LogP contribution in [0.1, 0.15) is 58.8 Å². The van der Waals surface area contributed by atoms with Crippen LogP contribution in [0.15, 0.2) is 96.1 Å². The predicted octanol–water partition coefficient (Wildman–Crippen LogP) is 4.08. The molecular weight excluding hydrogens is 564 g/mol. The Hall–Kier alpha value is -5.29. The Morgan fingerprint density at radius 2 is 1.66 bits per heavy atom. The highest BCUT2D eigenvalue weighted by Crippen LogP contribution is 2.26. The molecule has 1 atom stereocenters. The minimum Gasteiger partial charge on any atom is -0.484 e. The number of carbonyl (C=O) groups is 4. The van der Waals surface area contributed by atoms with E-state index in [1.54, 1.807) is 4.90 Å². The van der Waals surface area contributed by atoms with Crippen LogP contribution in [0.5, 0.6) is 5.75 Å². The molecular formula is C33H34N4O7. The van der Waals surface area contributed by atoms with Crippen molar-refractivity contribution >= 4 is 29.9 Å². The number of cyclic esters (lactones) is 1. The normalized spacial score (nSPS) is 16.8. The van der Waals surface area contributed by atoms with Crippen LogP contribution in [0.2, 0.25) is 0 Å². The van der Waals surface area contributed by atoms with E-state index < -0.39 is 17.9 Å². The Morgan fingerprint density at radius 1 is 0.955 bits per heavy atom. The standard InChI is InChI=1S/C33H34N4O7/c38-30(36-42)23-43-28-18-16-27(17-19-28)33(41)35-34-20-24-12-14-25(15-13-24)21-37-29(26-8-4-3-5-9-26)22-44-32(40)11-7-2-1-6-10-31(37)39/h1-5,8-9,12-20,29,42H,6-7,10-11,21-23H2,(H,35,41)(H,36,38)/b2-1+,34-20+/t29-/m1/s1. The molecule has 0 saturated heterocycles. The maximum Gasteiger partial charge on any atom is 0.306 e. The van der Waals surface area contributed by atoms with Gasteiger partial charge < -0.3 is 14.4 Å². The molecule has 3 aromatic carbocycles. The average molecular weight is 599 g/mol. The van der Waals surface area contributed by atoms with Crippen LogP contribution in [0.3, 0.4) is 0 Å². The molecule has 3 N–H and O–H groups in total. The van der Waals surface area contributed by atoms with Crippen molar-refractivity contribution in [1.82, 2.24) is 15.8 Å². The number of hydrogen-bond acceptors (Lipinski definition) is 8. The Balaban J connectivity index is 1.40. The molecule has 11 nitrogen and oxygen atoms in total. The number of amides is 3. The number of rotatable bonds is 9. The number of hydrogen-bond donors (Lipinski definition) is 3. The molecule has 3 aromatic rings. The zero-order valence-electron chi connectivity index (χ0n) is 24.1. The smallest absolute Gasteiger partial charge is 0.306 e. The van der Waals surface area contributed by atoms with Gasteiger partial charge >= 0.3 is 5.97 Å². The van der Waals surface area contributed by atoms with Crippen molar-refractivity contribution in [2.75, 3.05) is 13.2 Å². The number of carbonyl (C=O) groups excluding carboxylic acids is 4. The molecule has 1 aliphatic rings. The predicted molar refractivity (Wildman–Crippen MR) is 162 cm³/mol. The van der Waals surface area contributed by atoms with Crippen molar-refractivity contribution in [3.8, 4) is 5.75 Å². The van der Waals surface area contributed by atoms with Gasteiger partial charge in [-0.05, 0) is 53.8 Å². The lowest BCUT2D eigenvalue weighted by Gasteiger charge is -2.32. The van der Waals surface area contributed by atoms with Gasteiger partial charge in [0, 0.05) is 24.9 Å². The summed E-state index contributed by atoms with van der Waals surface area (Å²) in [7, 11) is 0. The van der Waals surface area contributed by atoms with Gasteiger partial charge in [0.15, 0.2) is 6.61 Å². The third-order valence-corrected chi connectivity index (χ3v) is 6.81. The van der Waals surface area contributed by atoms with Crippen molar-refractivity contribution in [2.45, 2.75) is 38.3 Å². The van der Waals surface area contributed by atoms with Gasteiger partial charge in [0.05, 0.1) is 12.3 Å². The summed E-state index contributed by atoms with van der Waals surface area (Å²) in [6.45, 7) is 0.0255. The summed E-state index contributed by atoms with van der Waals surface area (Å²) >= 11 is 0. The molecule has 11 heteroatoms. The SMILES string of the molecule is O=C(COc1ccc(C(=O)N/N=C/c2ccc(CN3C(=O)CC/C=C/CCC(=O)OC[C@@H]3c3ccccc3)cc2)cc1)NO. The van der Waals surface area contributed by atoms with Gasteiger partial charge in [0.1, 0.15) is 12.4 Å². The maximum absolute atomic E-state index is 13.4. The highest BCUT2D eigenvalue weighted by Gasteiger charge is 2.27. The van der Waals surface area contributed by atoms with E-state index in [0.29, 0.717) is 43.5 Å². The van der Waals surface area contributed by atoms with Crippen LogP contribution in [0, 0.1) is 0 Å². The lowest BCUT2D eigenvalue weighted by Crippen LogP contribution is -2.37. The van der Waals surface area contributed by atoms with Crippen molar-refractivity contribution in [2.24, 2.45) is 5.10 Å². The Kier molecular flexibility index (Phi) is 11.8. The molecule has 0 bridgehead atoms. The molecule has 228 valence electrons. The molecule has 0 saturated carbocycles. The van der Waals surface area contributed by atoms with Crippen molar-refractivity contribution < 1.29 is 33.9 Å². The van der Waals surface area contributed by atoms with Gasteiger partial charge in [-0.15, -0.1) is 0 Å². The van der Waals surface area contributed by atoms with Gasteiger partial charge in [0.2, 0.25) is 5.91 Å². The number of nitrogens with zero attached hydrogens (tertiary/aromatic N) is 2. The Morgan fingerprint density at radius 3 is 2.36 bits per heavy atom. The van der Waals surface area contributed by atoms with Crippen molar-refractivity contribution in [3.05, 3.63) is 113 Å². The number of esters is 1. The first-order valence-electron chi connectivity index (χ1n) is 14.2. The van der Waals surface area contributed by atoms with E-state index in [9.17, 15) is 19.2 Å². The number of ether oxygens (including phenoxy) is 2. The van der Waals surface area contributed by atoms with Crippen LogP contribution in [0.25, 0.3) is 0 Å². The zero-order valence-corrected chi connectivity index (χ0v) is 24.1. The number of benzene rings is 3. The summed E-state index contributed by atoms with van der Waals surface area (Å²) in [5.41, 5.74) is 6.77. The number of hydroxylamine groups is 1. The fraction of sp³-hybridized carbons (Fsp3) is 0.242. The zero-order chi connectivity index (χ0) is 31.1. The first-order chi connectivity index (χ1) is 21.4. The fourth-order valence-corrected chi connectivity index (χ4v) is 4.46. The minimum atomic E-state index is -0.696. The van der Waals surface area contributed by atoms with Crippen LogP contribution in [-0.4, -0.2) is 53.2 Å². The summed E-state index contributed by atoms with van der Waals surface area (Å²) in [5, 5.41) is 12.5. The molecule has 44 heavy (non-hydrogen) atoms. The molecule has 3 amide bonds. The van der Waals surface area contributed by atoms with E-state index >= 15 is 0 Å². The largest absolute Gasteiger partial charge is 0.484 e. The Bertz CT molecular complexity index is 1470. The van der Waals surface area contributed by atoms with Crippen molar-refractivity contribution in [1.29, 1.82) is 0 Å². The lowest BCUT2D eigenvalue weighted by molar-refractivity contribution is -0.149. The second-order valence-corrected chi connectivity index (χ2v) is 9.97. The van der Waals surface area contributed by atoms with E-state index in [0.717, 1.165) is 16.7 Å². The topological polar surface area (TPSA) is 147 Å². The molecule has 0 aromatic heterocycles. The quantitative estimate of drug-likeness (QED) is 0.111. The van der Waals surface area contributed by atoms with E-state index in [1.807, 2.05) is 66.7 Å². The second kappa shape index (κ2) is 16.4. The molecule has 0 radical (unpaired) electrons. The van der Waals surface area contributed by atoms with Crippen LogP contribution in [0.4, 0.5) is 0 Å². The maximum atomic E-state index is 13.4.